The molecular weight excluding hydrogens is 308 g/mol. The molecule has 23 heavy (non-hydrogen) atoms. The third-order valence-corrected chi connectivity index (χ3v) is 4.34. The molecular formula is C18H18N2O2S. The summed E-state index contributed by atoms with van der Waals surface area (Å²) in [7, 11) is 0. The van der Waals surface area contributed by atoms with E-state index in [4.69, 9.17) is 4.74 Å². The molecule has 5 heteroatoms. The van der Waals surface area contributed by atoms with Gasteiger partial charge in [0.1, 0.15) is 12.4 Å². The Hall–Kier alpha value is -2.40. The number of nitrogens with one attached hydrogen (secondary N) is 1. The fourth-order valence-corrected chi connectivity index (χ4v) is 2.91. The Morgan fingerprint density at radius 1 is 1.17 bits per heavy atom. The minimum Gasteiger partial charge on any atom is -0.492 e. The lowest BCUT2D eigenvalue weighted by molar-refractivity contribution is -0.121. The van der Waals surface area contributed by atoms with Crippen LogP contribution < -0.4 is 10.1 Å². The number of aryl methyl sites for hydroxylation is 1. The van der Waals surface area contributed by atoms with E-state index >= 15 is 0 Å². The second kappa shape index (κ2) is 7.74. The maximum Gasteiger partial charge on any atom is 0.220 e. The standard InChI is InChI=1S/C18H18N2O2S/c21-18(8-7-17-12-19-13-23-17)20-9-10-22-16-6-5-14-3-1-2-4-15(14)11-16/h1-6,11-13H,7-10H2,(H,20,21). The summed E-state index contributed by atoms with van der Waals surface area (Å²) in [6.07, 6.45) is 3.03. The van der Waals surface area contributed by atoms with Crippen molar-refractivity contribution < 1.29 is 9.53 Å². The Bertz CT molecular complexity index is 772. The second-order valence-electron chi connectivity index (χ2n) is 5.18. The molecule has 0 atom stereocenters. The van der Waals surface area contributed by atoms with Gasteiger partial charge < -0.3 is 10.1 Å². The number of amides is 1. The van der Waals surface area contributed by atoms with Gasteiger partial charge in [0, 0.05) is 17.5 Å². The van der Waals surface area contributed by atoms with Crippen molar-refractivity contribution in [3.8, 4) is 5.75 Å². The molecule has 0 aliphatic rings. The number of nitrogens with zero attached hydrogens (tertiary/aromatic N) is 1. The van der Waals surface area contributed by atoms with Crippen LogP contribution in [0.25, 0.3) is 10.8 Å². The molecule has 4 nitrogen and oxygen atoms in total. The summed E-state index contributed by atoms with van der Waals surface area (Å²) in [6, 6.07) is 14.2. The van der Waals surface area contributed by atoms with E-state index in [0.717, 1.165) is 22.4 Å². The highest BCUT2D eigenvalue weighted by Crippen LogP contribution is 2.20. The number of ether oxygens (including phenoxy) is 1. The largest absolute Gasteiger partial charge is 0.492 e. The average Bonchev–Trinajstić information content (AvgIpc) is 3.10. The Labute approximate surface area is 139 Å². The molecule has 0 unspecified atom stereocenters. The maximum absolute atomic E-state index is 11.7. The predicted octanol–water partition coefficient (Wildman–Crippen LogP) is 3.42. The first-order valence-corrected chi connectivity index (χ1v) is 8.45. The normalized spacial score (nSPS) is 10.6. The van der Waals surface area contributed by atoms with E-state index < -0.39 is 0 Å². The van der Waals surface area contributed by atoms with Crippen LogP contribution >= 0.6 is 11.3 Å². The number of fused-ring (bicyclic) bond motifs is 1. The van der Waals surface area contributed by atoms with Crippen LogP contribution in [0.3, 0.4) is 0 Å². The molecule has 0 saturated heterocycles. The molecule has 0 radical (unpaired) electrons. The predicted molar refractivity (Wildman–Crippen MR) is 92.9 cm³/mol. The molecule has 0 bridgehead atoms. The van der Waals surface area contributed by atoms with Crippen LogP contribution in [0.1, 0.15) is 11.3 Å². The van der Waals surface area contributed by atoms with Crippen LogP contribution in [-0.4, -0.2) is 24.0 Å². The van der Waals surface area contributed by atoms with Crippen LogP contribution in [-0.2, 0) is 11.2 Å². The fraction of sp³-hybridized carbons (Fsp3) is 0.222. The van der Waals surface area contributed by atoms with Crippen molar-refractivity contribution in [2.45, 2.75) is 12.8 Å². The zero-order chi connectivity index (χ0) is 15.9. The summed E-state index contributed by atoms with van der Waals surface area (Å²) in [4.78, 5) is 16.9. The lowest BCUT2D eigenvalue weighted by Gasteiger charge is -2.08. The topological polar surface area (TPSA) is 51.2 Å². The molecule has 3 rings (SSSR count). The summed E-state index contributed by atoms with van der Waals surface area (Å²) < 4.78 is 5.69. The highest BCUT2D eigenvalue weighted by molar-refractivity contribution is 7.09. The number of carbonyl (C=O) groups excluding carboxylic acids is 1. The Morgan fingerprint density at radius 3 is 2.87 bits per heavy atom. The van der Waals surface area contributed by atoms with E-state index in [0.29, 0.717) is 19.6 Å². The van der Waals surface area contributed by atoms with Crippen LogP contribution in [0.2, 0.25) is 0 Å². The third kappa shape index (κ3) is 4.53. The van der Waals surface area contributed by atoms with Gasteiger partial charge >= 0.3 is 0 Å². The molecule has 0 aliphatic heterocycles. The Morgan fingerprint density at radius 2 is 2.04 bits per heavy atom. The zero-order valence-electron chi connectivity index (χ0n) is 12.7. The molecule has 1 heterocycles. The zero-order valence-corrected chi connectivity index (χ0v) is 13.5. The van der Waals surface area contributed by atoms with Gasteiger partial charge in [-0.05, 0) is 29.3 Å². The van der Waals surface area contributed by atoms with E-state index in [1.165, 1.54) is 5.39 Å². The Kier molecular flexibility index (Phi) is 5.21. The van der Waals surface area contributed by atoms with Crippen LogP contribution in [0, 0.1) is 0 Å². The molecule has 0 saturated carbocycles. The average molecular weight is 326 g/mol. The molecule has 3 aromatic rings. The van der Waals surface area contributed by atoms with Crippen LogP contribution in [0.15, 0.2) is 54.2 Å². The molecule has 118 valence electrons. The van der Waals surface area contributed by atoms with Gasteiger partial charge in [0.25, 0.3) is 0 Å². The summed E-state index contributed by atoms with van der Waals surface area (Å²) in [5.74, 6) is 0.864. The number of hydrogen-bond acceptors (Lipinski definition) is 4. The van der Waals surface area contributed by atoms with E-state index in [9.17, 15) is 4.79 Å². The van der Waals surface area contributed by atoms with Gasteiger partial charge in [0.05, 0.1) is 12.1 Å². The minimum atomic E-state index is 0.0421. The SMILES string of the molecule is O=C(CCc1cncs1)NCCOc1ccc2ccccc2c1. The van der Waals surface area contributed by atoms with E-state index in [-0.39, 0.29) is 5.91 Å². The number of carbonyl (C=O) groups is 1. The highest BCUT2D eigenvalue weighted by Gasteiger charge is 2.03. The van der Waals surface area contributed by atoms with Crippen molar-refractivity contribution in [3.63, 3.8) is 0 Å². The quantitative estimate of drug-likeness (QED) is 0.677. The molecule has 1 aromatic heterocycles. The van der Waals surface area contributed by atoms with Crippen molar-refractivity contribution >= 4 is 28.0 Å². The molecule has 0 spiro atoms. The number of aromatic nitrogens is 1. The molecule has 2 aromatic carbocycles. The first-order chi connectivity index (χ1) is 11.3. The molecule has 1 amide bonds. The Balaban J connectivity index is 1.39. The molecule has 0 aliphatic carbocycles. The lowest BCUT2D eigenvalue weighted by Crippen LogP contribution is -2.28. The monoisotopic (exact) mass is 326 g/mol. The first-order valence-electron chi connectivity index (χ1n) is 7.57. The number of hydrogen-bond donors (Lipinski definition) is 1. The second-order valence-corrected chi connectivity index (χ2v) is 6.15. The summed E-state index contributed by atoms with van der Waals surface area (Å²) in [5, 5.41) is 5.22. The highest BCUT2D eigenvalue weighted by atomic mass is 32.1. The molecule has 1 N–H and O–H groups in total. The van der Waals surface area contributed by atoms with E-state index in [2.05, 4.69) is 22.4 Å². The third-order valence-electron chi connectivity index (χ3n) is 3.50. The van der Waals surface area contributed by atoms with Gasteiger partial charge in [0.2, 0.25) is 5.91 Å². The lowest BCUT2D eigenvalue weighted by atomic mass is 10.1. The summed E-state index contributed by atoms with van der Waals surface area (Å²) >= 11 is 1.58. The number of rotatable bonds is 7. The summed E-state index contributed by atoms with van der Waals surface area (Å²) in [6.45, 7) is 0.971. The van der Waals surface area contributed by atoms with Gasteiger partial charge in [-0.3, -0.25) is 9.78 Å². The first kappa shape index (κ1) is 15.5. The van der Waals surface area contributed by atoms with Crippen molar-refractivity contribution in [2.24, 2.45) is 0 Å². The fourth-order valence-electron chi connectivity index (χ4n) is 2.31. The van der Waals surface area contributed by atoms with Gasteiger partial charge in [-0.1, -0.05) is 30.3 Å². The smallest absolute Gasteiger partial charge is 0.220 e. The van der Waals surface area contributed by atoms with Crippen molar-refractivity contribution in [1.29, 1.82) is 0 Å². The number of thiazole rings is 1. The minimum absolute atomic E-state index is 0.0421. The van der Waals surface area contributed by atoms with Crippen molar-refractivity contribution in [3.05, 3.63) is 59.0 Å². The van der Waals surface area contributed by atoms with Crippen LogP contribution in [0.4, 0.5) is 0 Å². The van der Waals surface area contributed by atoms with Crippen molar-refractivity contribution in [2.75, 3.05) is 13.2 Å². The van der Waals surface area contributed by atoms with Gasteiger partial charge in [-0.25, -0.2) is 0 Å². The maximum atomic E-state index is 11.7. The van der Waals surface area contributed by atoms with E-state index in [1.54, 1.807) is 23.0 Å². The van der Waals surface area contributed by atoms with E-state index in [1.807, 2.05) is 30.3 Å². The summed E-state index contributed by atoms with van der Waals surface area (Å²) in [5.41, 5.74) is 1.78. The van der Waals surface area contributed by atoms with Gasteiger partial charge in [0.15, 0.2) is 0 Å². The van der Waals surface area contributed by atoms with Gasteiger partial charge in [-0.15, -0.1) is 11.3 Å². The van der Waals surface area contributed by atoms with Gasteiger partial charge in [-0.2, -0.15) is 0 Å². The van der Waals surface area contributed by atoms with Crippen molar-refractivity contribution in [1.82, 2.24) is 10.3 Å². The number of benzene rings is 2. The van der Waals surface area contributed by atoms with Crippen LogP contribution in [0.5, 0.6) is 5.75 Å². The molecule has 0 fully saturated rings.